The minimum Gasteiger partial charge on any atom is -0.504 e. The summed E-state index contributed by atoms with van der Waals surface area (Å²) in [5.74, 6) is 1.23. The van der Waals surface area contributed by atoms with E-state index in [2.05, 4.69) is 4.98 Å². The summed E-state index contributed by atoms with van der Waals surface area (Å²) in [5.41, 5.74) is 4.21. The fourth-order valence-electron chi connectivity index (χ4n) is 3.70. The maximum absolute atomic E-state index is 10.3. The van der Waals surface area contributed by atoms with E-state index in [1.807, 2.05) is 65.5 Å². The zero-order chi connectivity index (χ0) is 20.7. The van der Waals surface area contributed by atoms with Gasteiger partial charge in [-0.1, -0.05) is 18.2 Å². The van der Waals surface area contributed by atoms with Crippen molar-refractivity contribution in [2.75, 3.05) is 14.2 Å². The molecule has 0 saturated carbocycles. The number of nitrogens with zero attached hydrogens (tertiary/aromatic N) is 3. The molecule has 5 aromatic rings. The molecule has 0 saturated heterocycles. The Morgan fingerprint density at radius 2 is 1.70 bits per heavy atom. The average molecular weight is 397 g/mol. The van der Waals surface area contributed by atoms with Crippen molar-refractivity contribution in [3.63, 3.8) is 0 Å². The molecular weight excluding hydrogens is 378 g/mol. The lowest BCUT2D eigenvalue weighted by atomic mass is 10.1. The van der Waals surface area contributed by atoms with Crippen molar-refractivity contribution in [3.8, 4) is 34.2 Å². The Balaban J connectivity index is 1.87. The third kappa shape index (κ3) is 2.81. The van der Waals surface area contributed by atoms with Crippen LogP contribution in [0, 0.1) is 0 Å². The van der Waals surface area contributed by atoms with Crippen molar-refractivity contribution in [2.45, 2.75) is 0 Å². The van der Waals surface area contributed by atoms with Gasteiger partial charge in [-0.05, 0) is 48.5 Å². The quantitative estimate of drug-likeness (QED) is 0.464. The fourth-order valence-corrected chi connectivity index (χ4v) is 3.70. The van der Waals surface area contributed by atoms with E-state index in [9.17, 15) is 5.11 Å². The molecule has 0 unspecified atom stereocenters. The van der Waals surface area contributed by atoms with E-state index in [4.69, 9.17) is 14.6 Å². The second-order valence-corrected chi connectivity index (χ2v) is 6.89. The van der Waals surface area contributed by atoms with Gasteiger partial charge in [0.1, 0.15) is 11.4 Å². The highest BCUT2D eigenvalue weighted by atomic mass is 16.5. The first-order chi connectivity index (χ1) is 14.7. The molecule has 0 aliphatic rings. The number of hydrogen-bond donors (Lipinski definition) is 1. The van der Waals surface area contributed by atoms with E-state index >= 15 is 0 Å². The lowest BCUT2D eigenvalue weighted by Gasteiger charge is -2.07. The summed E-state index contributed by atoms with van der Waals surface area (Å²) in [5, 5.41) is 17.0. The number of aromatic hydroxyl groups is 1. The number of ether oxygens (including phenoxy) is 2. The molecule has 0 spiro atoms. The molecule has 3 aromatic carbocycles. The van der Waals surface area contributed by atoms with Crippen LogP contribution in [0.4, 0.5) is 0 Å². The largest absolute Gasteiger partial charge is 0.504 e. The number of hydrogen-bond acceptors (Lipinski definition) is 5. The maximum Gasteiger partial charge on any atom is 0.160 e. The van der Waals surface area contributed by atoms with Crippen molar-refractivity contribution in [2.24, 2.45) is 0 Å². The molecule has 1 N–H and O–H groups in total. The third-order valence-corrected chi connectivity index (χ3v) is 5.17. The fraction of sp³-hybridized carbons (Fsp3) is 0.0833. The highest BCUT2D eigenvalue weighted by molar-refractivity contribution is 6.09. The first-order valence-electron chi connectivity index (χ1n) is 9.48. The summed E-state index contributed by atoms with van der Waals surface area (Å²) in [6, 6.07) is 21.0. The number of fused-ring (bicyclic) bond motifs is 3. The van der Waals surface area contributed by atoms with Crippen LogP contribution in [-0.2, 0) is 0 Å². The molecule has 0 amide bonds. The Morgan fingerprint density at radius 1 is 0.867 bits per heavy atom. The second kappa shape index (κ2) is 7.08. The van der Waals surface area contributed by atoms with Gasteiger partial charge in [0.25, 0.3) is 0 Å². The van der Waals surface area contributed by atoms with Crippen molar-refractivity contribution >= 4 is 21.8 Å². The lowest BCUT2D eigenvalue weighted by Crippen LogP contribution is -1.97. The highest BCUT2D eigenvalue weighted by Crippen LogP contribution is 2.37. The van der Waals surface area contributed by atoms with Gasteiger partial charge in [0.05, 0.1) is 30.9 Å². The van der Waals surface area contributed by atoms with Crippen LogP contribution in [0.2, 0.25) is 0 Å². The first kappa shape index (κ1) is 18.0. The van der Waals surface area contributed by atoms with Crippen LogP contribution in [0.25, 0.3) is 38.8 Å². The molecule has 0 atom stereocenters. The maximum atomic E-state index is 10.3. The summed E-state index contributed by atoms with van der Waals surface area (Å²) in [6.45, 7) is 0. The smallest absolute Gasteiger partial charge is 0.160 e. The van der Waals surface area contributed by atoms with Gasteiger partial charge in [-0.15, -0.1) is 0 Å². The number of methoxy groups -OCH3 is 2. The minimum atomic E-state index is 0.0628. The Morgan fingerprint density at radius 3 is 2.43 bits per heavy atom. The van der Waals surface area contributed by atoms with E-state index in [0.29, 0.717) is 5.75 Å². The average Bonchev–Trinajstić information content (AvgIpc) is 3.19. The van der Waals surface area contributed by atoms with Crippen LogP contribution in [0.3, 0.4) is 0 Å². The van der Waals surface area contributed by atoms with Gasteiger partial charge in [-0.25, -0.2) is 4.68 Å². The van der Waals surface area contributed by atoms with E-state index in [0.717, 1.165) is 44.5 Å². The molecule has 2 aromatic heterocycles. The Labute approximate surface area is 172 Å². The first-order valence-corrected chi connectivity index (χ1v) is 9.48. The molecule has 6 nitrogen and oxygen atoms in total. The minimum absolute atomic E-state index is 0.0628. The number of aromatic nitrogens is 3. The molecule has 30 heavy (non-hydrogen) atoms. The van der Waals surface area contributed by atoms with Crippen LogP contribution in [-0.4, -0.2) is 34.1 Å². The zero-order valence-electron chi connectivity index (χ0n) is 16.5. The summed E-state index contributed by atoms with van der Waals surface area (Å²) in [7, 11) is 3.17. The number of rotatable bonds is 4. The SMILES string of the molecule is COc1ccc2ncc3c(-c4ccc(OC)c(O)c4)nn(-c4ccccc4)c3c2c1. The van der Waals surface area contributed by atoms with Crippen molar-refractivity contribution < 1.29 is 14.6 Å². The normalized spacial score (nSPS) is 11.1. The molecule has 0 aliphatic carbocycles. The molecule has 0 aliphatic heterocycles. The molecule has 6 heteroatoms. The molecule has 5 rings (SSSR count). The van der Waals surface area contributed by atoms with Crippen LogP contribution in [0.5, 0.6) is 17.2 Å². The molecule has 0 bridgehead atoms. The molecule has 148 valence electrons. The predicted octanol–water partition coefficient (Wildman–Crippen LogP) is 4.96. The second-order valence-electron chi connectivity index (χ2n) is 6.89. The number of phenolic OH excluding ortho intramolecular Hbond substituents is 1. The summed E-state index contributed by atoms with van der Waals surface area (Å²) in [6.07, 6.45) is 1.83. The summed E-state index contributed by atoms with van der Waals surface area (Å²) >= 11 is 0. The van der Waals surface area contributed by atoms with Gasteiger partial charge in [-0.3, -0.25) is 4.98 Å². The molecule has 0 fully saturated rings. The Kier molecular flexibility index (Phi) is 4.25. The highest BCUT2D eigenvalue weighted by Gasteiger charge is 2.18. The molecule has 2 heterocycles. The molecule has 0 radical (unpaired) electrons. The number of benzene rings is 3. The number of phenols is 1. The summed E-state index contributed by atoms with van der Waals surface area (Å²) < 4.78 is 12.5. The predicted molar refractivity (Wildman–Crippen MR) is 117 cm³/mol. The Hall–Kier alpha value is -4.06. The Bertz CT molecular complexity index is 1380. The van der Waals surface area contributed by atoms with Crippen LogP contribution in [0.1, 0.15) is 0 Å². The number of para-hydroxylation sites is 1. The van der Waals surface area contributed by atoms with Crippen LogP contribution < -0.4 is 9.47 Å². The van der Waals surface area contributed by atoms with Gasteiger partial charge in [0.15, 0.2) is 11.5 Å². The van der Waals surface area contributed by atoms with Crippen molar-refractivity contribution in [3.05, 3.63) is 72.9 Å². The van der Waals surface area contributed by atoms with Crippen molar-refractivity contribution in [1.82, 2.24) is 14.8 Å². The van der Waals surface area contributed by atoms with Crippen molar-refractivity contribution in [1.29, 1.82) is 0 Å². The van der Waals surface area contributed by atoms with Gasteiger partial charge in [0.2, 0.25) is 0 Å². The summed E-state index contributed by atoms with van der Waals surface area (Å²) in [4.78, 5) is 4.64. The monoisotopic (exact) mass is 397 g/mol. The van der Waals surface area contributed by atoms with E-state index < -0.39 is 0 Å². The van der Waals surface area contributed by atoms with E-state index in [-0.39, 0.29) is 5.75 Å². The van der Waals surface area contributed by atoms with Gasteiger partial charge < -0.3 is 14.6 Å². The van der Waals surface area contributed by atoms with Crippen LogP contribution in [0.15, 0.2) is 72.9 Å². The topological polar surface area (TPSA) is 69.4 Å². The standard InChI is InChI=1S/C24H19N3O3/c1-29-17-9-10-20-18(13-17)24-19(14-25-20)23(15-8-11-22(30-2)21(28)12-15)26-27(24)16-6-4-3-5-7-16/h3-14,28H,1-2H3. The number of pyridine rings is 1. The van der Waals surface area contributed by atoms with E-state index in [1.165, 1.54) is 7.11 Å². The van der Waals surface area contributed by atoms with Gasteiger partial charge in [0, 0.05) is 22.5 Å². The zero-order valence-corrected chi connectivity index (χ0v) is 16.5. The third-order valence-electron chi connectivity index (χ3n) is 5.17. The van der Waals surface area contributed by atoms with Crippen LogP contribution >= 0.6 is 0 Å². The van der Waals surface area contributed by atoms with E-state index in [1.54, 1.807) is 19.2 Å². The van der Waals surface area contributed by atoms with Gasteiger partial charge >= 0.3 is 0 Å². The lowest BCUT2D eigenvalue weighted by molar-refractivity contribution is 0.373. The molecular formula is C24H19N3O3. The van der Waals surface area contributed by atoms with Gasteiger partial charge in [-0.2, -0.15) is 5.10 Å².